The van der Waals surface area contributed by atoms with Crippen LogP contribution in [-0.4, -0.2) is 41.3 Å². The average molecular weight is 247 g/mol. The van der Waals surface area contributed by atoms with Crippen molar-refractivity contribution in [3.63, 3.8) is 0 Å². The van der Waals surface area contributed by atoms with Crippen molar-refractivity contribution in [2.45, 2.75) is 13.8 Å². The van der Waals surface area contributed by atoms with E-state index in [0.29, 0.717) is 5.92 Å². The normalized spacial score (nSPS) is 11.3. The van der Waals surface area contributed by atoms with E-state index in [1.165, 1.54) is 0 Å². The van der Waals surface area contributed by atoms with Crippen molar-refractivity contribution in [3.8, 4) is 0 Å². The molecule has 2 rings (SSSR count). The largest absolute Gasteiger partial charge is 0.358 e. The molecule has 0 aliphatic heterocycles. The van der Waals surface area contributed by atoms with E-state index in [1.54, 1.807) is 10.7 Å². The molecule has 18 heavy (non-hydrogen) atoms. The Morgan fingerprint density at radius 2 is 2.22 bits per heavy atom. The van der Waals surface area contributed by atoms with Gasteiger partial charge in [0.2, 0.25) is 0 Å². The van der Waals surface area contributed by atoms with E-state index in [1.807, 2.05) is 18.3 Å². The first-order valence-electron chi connectivity index (χ1n) is 6.39. The minimum Gasteiger partial charge on any atom is -0.358 e. The van der Waals surface area contributed by atoms with Gasteiger partial charge in [0.1, 0.15) is 5.82 Å². The third-order valence-corrected chi connectivity index (χ3v) is 2.81. The van der Waals surface area contributed by atoms with E-state index in [9.17, 15) is 0 Å². The molecule has 0 fully saturated rings. The maximum Gasteiger partial charge on any atom is 0.157 e. The number of hydrogen-bond acceptors (Lipinski definition) is 4. The Bertz CT molecular complexity index is 491. The minimum atomic E-state index is 0.691. The number of nitrogens with zero attached hydrogens (tertiary/aromatic N) is 4. The van der Waals surface area contributed by atoms with E-state index >= 15 is 0 Å². The van der Waals surface area contributed by atoms with Crippen LogP contribution in [0.25, 0.3) is 5.65 Å². The van der Waals surface area contributed by atoms with Crippen LogP contribution in [-0.2, 0) is 0 Å². The molecule has 1 N–H and O–H groups in total. The SMILES string of the molecule is CC(C)CNCCN(C)c1ccn2nccc2n1. The van der Waals surface area contributed by atoms with E-state index in [4.69, 9.17) is 0 Å². The van der Waals surface area contributed by atoms with Gasteiger partial charge in [-0.1, -0.05) is 13.8 Å². The lowest BCUT2D eigenvalue weighted by Crippen LogP contribution is -2.31. The Balaban J connectivity index is 1.89. The van der Waals surface area contributed by atoms with Crippen molar-refractivity contribution in [2.24, 2.45) is 5.92 Å². The molecule has 0 amide bonds. The van der Waals surface area contributed by atoms with Gasteiger partial charge in [-0.25, -0.2) is 9.50 Å². The van der Waals surface area contributed by atoms with Crippen molar-refractivity contribution < 1.29 is 0 Å². The van der Waals surface area contributed by atoms with Crippen LogP contribution in [0.5, 0.6) is 0 Å². The second-order valence-corrected chi connectivity index (χ2v) is 4.94. The zero-order chi connectivity index (χ0) is 13.0. The lowest BCUT2D eigenvalue weighted by molar-refractivity contribution is 0.554. The van der Waals surface area contributed by atoms with Crippen molar-refractivity contribution in [1.82, 2.24) is 19.9 Å². The molecule has 0 saturated heterocycles. The molecule has 98 valence electrons. The van der Waals surface area contributed by atoms with Crippen LogP contribution in [0.2, 0.25) is 0 Å². The lowest BCUT2D eigenvalue weighted by Gasteiger charge is -2.18. The highest BCUT2D eigenvalue weighted by atomic mass is 15.3. The molecular weight excluding hydrogens is 226 g/mol. The number of fused-ring (bicyclic) bond motifs is 1. The van der Waals surface area contributed by atoms with Crippen LogP contribution in [0.15, 0.2) is 24.5 Å². The van der Waals surface area contributed by atoms with E-state index in [2.05, 4.69) is 41.2 Å². The summed E-state index contributed by atoms with van der Waals surface area (Å²) in [6, 6.07) is 3.90. The van der Waals surface area contributed by atoms with Gasteiger partial charge in [-0.05, 0) is 18.5 Å². The van der Waals surface area contributed by atoms with Gasteiger partial charge < -0.3 is 10.2 Å². The highest BCUT2D eigenvalue weighted by Gasteiger charge is 2.04. The molecule has 0 unspecified atom stereocenters. The predicted octanol–water partition coefficient (Wildman–Crippen LogP) is 1.41. The van der Waals surface area contributed by atoms with E-state index in [0.717, 1.165) is 31.1 Å². The summed E-state index contributed by atoms with van der Waals surface area (Å²) in [6.07, 6.45) is 3.70. The minimum absolute atomic E-state index is 0.691. The van der Waals surface area contributed by atoms with Crippen molar-refractivity contribution >= 4 is 11.5 Å². The molecule has 0 radical (unpaired) electrons. The van der Waals surface area contributed by atoms with Crippen molar-refractivity contribution in [1.29, 1.82) is 0 Å². The third-order valence-electron chi connectivity index (χ3n) is 2.81. The molecule has 5 heteroatoms. The van der Waals surface area contributed by atoms with Crippen molar-refractivity contribution in [2.75, 3.05) is 31.6 Å². The maximum atomic E-state index is 4.55. The number of rotatable bonds is 6. The van der Waals surface area contributed by atoms with Gasteiger partial charge in [0, 0.05) is 32.4 Å². The molecule has 0 aliphatic carbocycles. The third kappa shape index (κ3) is 3.20. The molecule has 0 saturated carbocycles. The summed E-state index contributed by atoms with van der Waals surface area (Å²) in [6.45, 7) is 7.41. The quantitative estimate of drug-likeness (QED) is 0.784. The summed E-state index contributed by atoms with van der Waals surface area (Å²) in [5.74, 6) is 1.67. The first-order valence-corrected chi connectivity index (χ1v) is 6.39. The number of likely N-dealkylation sites (N-methyl/N-ethyl adjacent to an activating group) is 1. The Labute approximate surface area is 108 Å². The second kappa shape index (κ2) is 5.82. The monoisotopic (exact) mass is 247 g/mol. The molecule has 0 atom stereocenters. The van der Waals surface area contributed by atoms with Gasteiger partial charge in [-0.15, -0.1) is 0 Å². The molecule has 5 nitrogen and oxygen atoms in total. The summed E-state index contributed by atoms with van der Waals surface area (Å²) in [5, 5.41) is 7.57. The maximum absolute atomic E-state index is 4.55. The van der Waals surface area contributed by atoms with Gasteiger partial charge >= 0.3 is 0 Å². The van der Waals surface area contributed by atoms with Crippen LogP contribution in [0.3, 0.4) is 0 Å². The summed E-state index contributed by atoms with van der Waals surface area (Å²) in [7, 11) is 2.06. The summed E-state index contributed by atoms with van der Waals surface area (Å²) in [5.41, 5.74) is 0.884. The molecule has 0 spiro atoms. The molecule has 0 aromatic carbocycles. The zero-order valence-corrected chi connectivity index (χ0v) is 11.3. The molecular formula is C13H21N5. The first kappa shape index (κ1) is 12.8. The van der Waals surface area contributed by atoms with Crippen LogP contribution < -0.4 is 10.2 Å². The van der Waals surface area contributed by atoms with Crippen LogP contribution >= 0.6 is 0 Å². The fourth-order valence-electron chi connectivity index (χ4n) is 1.77. The van der Waals surface area contributed by atoms with Gasteiger partial charge in [-0.3, -0.25) is 0 Å². The Kier molecular flexibility index (Phi) is 4.15. The van der Waals surface area contributed by atoms with Crippen molar-refractivity contribution in [3.05, 3.63) is 24.5 Å². The fraction of sp³-hybridized carbons (Fsp3) is 0.538. The van der Waals surface area contributed by atoms with Gasteiger partial charge in [0.25, 0.3) is 0 Å². The number of nitrogens with one attached hydrogen (secondary N) is 1. The Morgan fingerprint density at radius 3 is 3.00 bits per heavy atom. The molecule has 2 aromatic rings. The molecule has 0 bridgehead atoms. The van der Waals surface area contributed by atoms with Crippen LogP contribution in [0.1, 0.15) is 13.8 Å². The number of anilines is 1. The average Bonchev–Trinajstić information content (AvgIpc) is 2.81. The second-order valence-electron chi connectivity index (χ2n) is 4.94. The van der Waals surface area contributed by atoms with Crippen LogP contribution in [0, 0.1) is 5.92 Å². The van der Waals surface area contributed by atoms with E-state index in [-0.39, 0.29) is 0 Å². The molecule has 2 heterocycles. The fourth-order valence-corrected chi connectivity index (χ4v) is 1.77. The Morgan fingerprint density at radius 1 is 1.39 bits per heavy atom. The summed E-state index contributed by atoms with van der Waals surface area (Å²) < 4.78 is 1.77. The topological polar surface area (TPSA) is 45.5 Å². The number of aromatic nitrogens is 3. The molecule has 0 aliphatic rings. The lowest BCUT2D eigenvalue weighted by atomic mass is 10.2. The summed E-state index contributed by atoms with van der Waals surface area (Å²) in [4.78, 5) is 6.70. The highest BCUT2D eigenvalue weighted by Crippen LogP contribution is 2.09. The first-order chi connectivity index (χ1) is 8.66. The Hall–Kier alpha value is -1.62. The van der Waals surface area contributed by atoms with Gasteiger partial charge in [-0.2, -0.15) is 5.10 Å². The smallest absolute Gasteiger partial charge is 0.157 e. The van der Waals surface area contributed by atoms with Gasteiger partial charge in [0.05, 0.1) is 6.20 Å². The number of hydrogen-bond donors (Lipinski definition) is 1. The zero-order valence-electron chi connectivity index (χ0n) is 11.3. The highest BCUT2D eigenvalue weighted by molar-refractivity contribution is 5.46. The molecule has 2 aromatic heterocycles. The van der Waals surface area contributed by atoms with Gasteiger partial charge in [0.15, 0.2) is 5.65 Å². The van der Waals surface area contributed by atoms with E-state index < -0.39 is 0 Å². The van der Waals surface area contributed by atoms with Crippen LogP contribution in [0.4, 0.5) is 5.82 Å². The summed E-state index contributed by atoms with van der Waals surface area (Å²) >= 11 is 0. The predicted molar refractivity (Wildman–Crippen MR) is 74.0 cm³/mol. The standard InChI is InChI=1S/C13H21N5/c1-11(2)10-14-7-9-17(3)12-5-8-18-13(16-12)4-6-15-18/h4-6,8,11,14H,7,9-10H2,1-3H3.